The second-order valence-electron chi connectivity index (χ2n) is 5.84. The van der Waals surface area contributed by atoms with Gasteiger partial charge in [0.1, 0.15) is 0 Å². The average Bonchev–Trinajstić information content (AvgIpc) is 2.47. The number of ether oxygens (including phenoxy) is 1. The highest BCUT2D eigenvalue weighted by Gasteiger charge is 2.72. The standard InChI is InChI=1S/C12H20O3/c1-10(2)11(3)5-6-12(10,7-8(11)13)9(14)15-4/h8,13H,5-7H2,1-4H3/t8-,11+,12+/m0/s1. The SMILES string of the molecule is COC(=O)[C@@]12CC[C@](C)([C@@H](O)C1)C2(C)C. The summed E-state index contributed by atoms with van der Waals surface area (Å²) in [6.45, 7) is 6.27. The van der Waals surface area contributed by atoms with Crippen molar-refractivity contribution in [1.29, 1.82) is 0 Å². The Balaban J connectivity index is 2.49. The summed E-state index contributed by atoms with van der Waals surface area (Å²) < 4.78 is 4.93. The molecule has 3 nitrogen and oxygen atoms in total. The summed E-state index contributed by atoms with van der Waals surface area (Å²) in [5.41, 5.74) is -0.774. The zero-order valence-corrected chi connectivity index (χ0v) is 9.96. The molecule has 0 aromatic carbocycles. The number of hydrogen-bond donors (Lipinski definition) is 1. The van der Waals surface area contributed by atoms with Crippen molar-refractivity contribution in [2.24, 2.45) is 16.2 Å². The number of carbonyl (C=O) groups excluding carboxylic acids is 1. The summed E-state index contributed by atoms with van der Waals surface area (Å²) in [4.78, 5) is 12.0. The minimum Gasteiger partial charge on any atom is -0.469 e. The van der Waals surface area contributed by atoms with Gasteiger partial charge in [-0.2, -0.15) is 0 Å². The number of esters is 1. The highest BCUT2D eigenvalue weighted by molar-refractivity contribution is 5.79. The number of rotatable bonds is 1. The molecule has 0 unspecified atom stereocenters. The molecule has 0 saturated heterocycles. The summed E-state index contributed by atoms with van der Waals surface area (Å²) in [7, 11) is 1.44. The van der Waals surface area contributed by atoms with Crippen molar-refractivity contribution in [3.63, 3.8) is 0 Å². The lowest BCUT2D eigenvalue weighted by molar-refractivity contribution is -0.158. The van der Waals surface area contributed by atoms with Gasteiger partial charge < -0.3 is 9.84 Å². The van der Waals surface area contributed by atoms with E-state index >= 15 is 0 Å². The van der Waals surface area contributed by atoms with Gasteiger partial charge in [0.25, 0.3) is 0 Å². The van der Waals surface area contributed by atoms with Gasteiger partial charge in [0.2, 0.25) is 0 Å². The van der Waals surface area contributed by atoms with Gasteiger partial charge in [-0.05, 0) is 30.1 Å². The van der Waals surface area contributed by atoms with Crippen molar-refractivity contribution in [2.45, 2.75) is 46.1 Å². The van der Waals surface area contributed by atoms with E-state index in [1.54, 1.807) is 0 Å². The van der Waals surface area contributed by atoms with Crippen LogP contribution in [0.15, 0.2) is 0 Å². The third kappa shape index (κ3) is 0.930. The second-order valence-corrected chi connectivity index (χ2v) is 5.84. The fraction of sp³-hybridized carbons (Fsp3) is 0.917. The fourth-order valence-electron chi connectivity index (χ4n) is 3.78. The molecule has 0 aromatic rings. The summed E-state index contributed by atoms with van der Waals surface area (Å²) in [5.74, 6) is -0.146. The number of methoxy groups -OCH3 is 1. The molecule has 86 valence electrons. The van der Waals surface area contributed by atoms with Gasteiger partial charge in [0.15, 0.2) is 0 Å². The van der Waals surface area contributed by atoms with Crippen LogP contribution in [0.25, 0.3) is 0 Å². The molecule has 0 spiro atoms. The first-order valence-corrected chi connectivity index (χ1v) is 5.58. The number of aliphatic hydroxyl groups is 1. The van der Waals surface area contributed by atoms with E-state index in [0.717, 1.165) is 12.8 Å². The Kier molecular flexibility index (Phi) is 2.01. The summed E-state index contributed by atoms with van der Waals surface area (Å²) >= 11 is 0. The highest BCUT2D eigenvalue weighted by atomic mass is 16.5. The predicted octanol–water partition coefficient (Wildman–Crippen LogP) is 1.74. The molecule has 2 fully saturated rings. The van der Waals surface area contributed by atoms with Gasteiger partial charge in [-0.25, -0.2) is 0 Å². The van der Waals surface area contributed by atoms with Gasteiger partial charge in [-0.15, -0.1) is 0 Å². The number of fused-ring (bicyclic) bond motifs is 2. The van der Waals surface area contributed by atoms with Gasteiger partial charge in [-0.3, -0.25) is 4.79 Å². The Morgan fingerprint density at radius 3 is 2.27 bits per heavy atom. The lowest BCUT2D eigenvalue weighted by Crippen LogP contribution is -2.41. The number of carbonyl (C=O) groups is 1. The highest BCUT2D eigenvalue weighted by Crippen LogP contribution is 2.72. The molecule has 2 bridgehead atoms. The van der Waals surface area contributed by atoms with Gasteiger partial charge in [-0.1, -0.05) is 20.8 Å². The molecule has 0 amide bonds. The number of hydrogen-bond acceptors (Lipinski definition) is 3. The minimum absolute atomic E-state index is 0.138. The van der Waals surface area contributed by atoms with E-state index in [9.17, 15) is 9.90 Å². The van der Waals surface area contributed by atoms with Gasteiger partial charge >= 0.3 is 5.97 Å². The Morgan fingerprint density at radius 1 is 1.33 bits per heavy atom. The molecule has 0 aromatic heterocycles. The predicted molar refractivity (Wildman–Crippen MR) is 56.2 cm³/mol. The van der Waals surface area contributed by atoms with Crippen molar-refractivity contribution < 1.29 is 14.6 Å². The molecule has 0 radical (unpaired) electrons. The van der Waals surface area contributed by atoms with E-state index in [0.29, 0.717) is 6.42 Å². The largest absolute Gasteiger partial charge is 0.469 e. The Hall–Kier alpha value is -0.570. The van der Waals surface area contributed by atoms with E-state index < -0.39 is 5.41 Å². The van der Waals surface area contributed by atoms with E-state index in [-0.39, 0.29) is 22.9 Å². The molecule has 3 heteroatoms. The third-order valence-corrected chi connectivity index (χ3v) is 5.55. The molecule has 15 heavy (non-hydrogen) atoms. The molecule has 3 atom stereocenters. The third-order valence-electron chi connectivity index (χ3n) is 5.55. The summed E-state index contributed by atoms with van der Waals surface area (Å²) in [5, 5.41) is 10.1. The molecule has 2 aliphatic carbocycles. The van der Waals surface area contributed by atoms with Crippen LogP contribution in [0.4, 0.5) is 0 Å². The molecular weight excluding hydrogens is 192 g/mol. The Bertz CT molecular complexity index is 310. The second kappa shape index (κ2) is 2.76. The first kappa shape index (κ1) is 10.9. The molecule has 2 rings (SSSR count). The molecule has 2 saturated carbocycles. The van der Waals surface area contributed by atoms with Crippen LogP contribution in [-0.2, 0) is 9.53 Å². The van der Waals surface area contributed by atoms with Crippen LogP contribution < -0.4 is 0 Å². The monoisotopic (exact) mass is 212 g/mol. The average molecular weight is 212 g/mol. The molecule has 1 N–H and O–H groups in total. The van der Waals surface area contributed by atoms with Crippen LogP contribution in [0.2, 0.25) is 0 Å². The van der Waals surface area contributed by atoms with Crippen LogP contribution >= 0.6 is 0 Å². The fourth-order valence-corrected chi connectivity index (χ4v) is 3.78. The first-order valence-electron chi connectivity index (χ1n) is 5.58. The topological polar surface area (TPSA) is 46.5 Å². The smallest absolute Gasteiger partial charge is 0.312 e. The zero-order valence-electron chi connectivity index (χ0n) is 9.96. The first-order chi connectivity index (χ1) is 6.82. The quantitative estimate of drug-likeness (QED) is 0.673. The Labute approximate surface area is 90.8 Å². The lowest BCUT2D eigenvalue weighted by Gasteiger charge is -2.39. The van der Waals surface area contributed by atoms with Crippen molar-refractivity contribution in [3.8, 4) is 0 Å². The summed E-state index contributed by atoms with van der Waals surface area (Å²) in [6, 6.07) is 0. The van der Waals surface area contributed by atoms with Gasteiger partial charge in [0.05, 0.1) is 18.6 Å². The maximum atomic E-state index is 12.0. The van der Waals surface area contributed by atoms with Crippen LogP contribution in [0, 0.1) is 16.2 Å². The molecule has 0 aliphatic heterocycles. The normalized spacial score (nSPS) is 46.9. The van der Waals surface area contributed by atoms with Crippen molar-refractivity contribution in [1.82, 2.24) is 0 Å². The van der Waals surface area contributed by atoms with Gasteiger partial charge in [0, 0.05) is 0 Å². The van der Waals surface area contributed by atoms with Crippen LogP contribution in [0.3, 0.4) is 0 Å². The maximum absolute atomic E-state index is 12.0. The minimum atomic E-state index is -0.462. The van der Waals surface area contributed by atoms with Crippen molar-refractivity contribution >= 4 is 5.97 Å². The maximum Gasteiger partial charge on any atom is 0.312 e. The number of aliphatic hydroxyl groups excluding tert-OH is 1. The molecule has 2 aliphatic rings. The van der Waals surface area contributed by atoms with E-state index in [2.05, 4.69) is 20.8 Å². The Morgan fingerprint density at radius 2 is 1.93 bits per heavy atom. The van der Waals surface area contributed by atoms with Crippen molar-refractivity contribution in [3.05, 3.63) is 0 Å². The van der Waals surface area contributed by atoms with Crippen LogP contribution in [0.1, 0.15) is 40.0 Å². The lowest BCUT2D eigenvalue weighted by atomic mass is 9.65. The van der Waals surface area contributed by atoms with Crippen LogP contribution in [-0.4, -0.2) is 24.3 Å². The van der Waals surface area contributed by atoms with Crippen LogP contribution in [0.5, 0.6) is 0 Å². The molecular formula is C12H20O3. The zero-order chi connectivity index (χ0) is 11.5. The van der Waals surface area contributed by atoms with E-state index in [1.807, 2.05) is 0 Å². The molecule has 0 heterocycles. The summed E-state index contributed by atoms with van der Waals surface area (Å²) in [6.07, 6.45) is 1.94. The van der Waals surface area contributed by atoms with E-state index in [4.69, 9.17) is 4.74 Å². The van der Waals surface area contributed by atoms with Crippen molar-refractivity contribution in [2.75, 3.05) is 7.11 Å². The van der Waals surface area contributed by atoms with E-state index in [1.165, 1.54) is 7.11 Å².